The summed E-state index contributed by atoms with van der Waals surface area (Å²) in [6.07, 6.45) is 0. The summed E-state index contributed by atoms with van der Waals surface area (Å²) in [6, 6.07) is 0. The van der Waals surface area contributed by atoms with Gasteiger partial charge in [0.15, 0.2) is 0 Å². The van der Waals surface area contributed by atoms with Gasteiger partial charge in [0.2, 0.25) is 0 Å². The van der Waals surface area contributed by atoms with Crippen LogP contribution in [-0.2, 0) is 43.6 Å². The Labute approximate surface area is 84.5 Å². The first-order valence-electron chi connectivity index (χ1n) is 0.783. The third-order valence-electron chi connectivity index (χ3n) is 0. The molecule has 0 aliphatic carbocycles. The van der Waals surface area contributed by atoms with Crippen molar-refractivity contribution >= 4 is 26.7 Å². The second kappa shape index (κ2) is 8.95. The van der Waals surface area contributed by atoms with Gasteiger partial charge >= 0.3 is 26.7 Å². The van der Waals surface area contributed by atoms with Crippen molar-refractivity contribution < 1.29 is 58.3 Å². The summed E-state index contributed by atoms with van der Waals surface area (Å²) in [5.74, 6) is 0. The molecule has 0 amide bonds. The van der Waals surface area contributed by atoms with E-state index in [1.54, 1.807) is 0 Å². The molecule has 0 rings (SSSR count). The van der Waals surface area contributed by atoms with Gasteiger partial charge in [-0.15, -0.1) is 0 Å². The van der Waals surface area contributed by atoms with Gasteiger partial charge in [-0.25, -0.2) is 4.57 Å². The van der Waals surface area contributed by atoms with Crippen LogP contribution < -0.4 is 0 Å². The molecule has 4 nitrogen and oxygen atoms in total. The zero-order chi connectivity index (χ0) is 4.50. The molecule has 0 bridgehead atoms. The van der Waals surface area contributed by atoms with Crippen molar-refractivity contribution in [1.82, 2.24) is 0 Å². The van der Waals surface area contributed by atoms with E-state index in [9.17, 15) is 0 Å². The summed E-state index contributed by atoms with van der Waals surface area (Å²) < 4.78 is 8.88. The van der Waals surface area contributed by atoms with E-state index in [0.717, 1.165) is 0 Å². The zero-order valence-electron chi connectivity index (χ0n) is 3.11. The molecule has 44 valence electrons. The van der Waals surface area contributed by atoms with Gasteiger partial charge in [-0.3, -0.25) is 0 Å². The Morgan fingerprint density at radius 2 is 1.12 bits per heavy atom. The summed E-state index contributed by atoms with van der Waals surface area (Å²) >= 11 is 0. The fourth-order valence-electron chi connectivity index (χ4n) is 0. The minimum Gasteiger partial charge on any atom is 0 e. The molecule has 0 aromatic heterocycles. The van der Waals surface area contributed by atoms with Crippen LogP contribution in [0.3, 0.4) is 0 Å². The Morgan fingerprint density at radius 3 is 1.12 bits per heavy atom. The summed E-state index contributed by atoms with van der Waals surface area (Å²) in [6.45, 7) is 0. The maximum absolute atomic E-state index is 8.88. The molecule has 0 unspecified atom stereocenters. The van der Waals surface area contributed by atoms with Crippen molar-refractivity contribution in [2.45, 2.75) is 0 Å². The van der Waals surface area contributed by atoms with E-state index in [1.807, 2.05) is 0 Å². The van der Waals surface area contributed by atoms with Gasteiger partial charge < -0.3 is 14.7 Å². The molecule has 8 heteroatoms. The maximum atomic E-state index is 8.88. The van der Waals surface area contributed by atoms with E-state index in [1.165, 1.54) is 0 Å². The first-order chi connectivity index (χ1) is 2.00. The van der Waals surface area contributed by atoms with Crippen molar-refractivity contribution in [3.05, 3.63) is 0 Å². The quantitative estimate of drug-likeness (QED) is 0.330. The first-order valence-corrected chi connectivity index (χ1v) is 2.35. The minimum absolute atomic E-state index is 0. The molecular weight excluding hydrogens is 202 g/mol. The van der Waals surface area contributed by atoms with Crippen molar-refractivity contribution in [2.75, 3.05) is 0 Å². The smallest absolute Gasteiger partial charge is 0 e. The molecule has 3 N–H and O–H groups in total. The number of hydrogen-bond acceptors (Lipinski definition) is 1. The Bertz CT molecular complexity index is 62.2. The zero-order valence-corrected chi connectivity index (χ0v) is 6.84. The molecule has 0 aromatic carbocycles. The van der Waals surface area contributed by atoms with Gasteiger partial charge in [-0.1, -0.05) is 0 Å². The van der Waals surface area contributed by atoms with Crippen LogP contribution in [0.25, 0.3) is 0 Å². The minimum atomic E-state index is -4.64. The predicted molar refractivity (Wildman–Crippen MR) is 21.4 cm³/mol. The topological polar surface area (TPSA) is 77.8 Å². The molecule has 0 aromatic rings. The molecule has 0 saturated heterocycles. The number of phosphoric acid groups is 1. The Kier molecular flexibility index (Phi) is 25.2. The normalized spacial score (nSPS) is 7.38. The molecule has 0 atom stereocenters. The summed E-state index contributed by atoms with van der Waals surface area (Å²) in [5.41, 5.74) is 0. The first kappa shape index (κ1) is 22.5. The van der Waals surface area contributed by atoms with Crippen LogP contribution in [0.1, 0.15) is 0 Å². The van der Waals surface area contributed by atoms with Gasteiger partial charge in [0, 0.05) is 39.1 Å². The molecule has 8 heavy (non-hydrogen) atoms. The van der Waals surface area contributed by atoms with Gasteiger partial charge in [0.25, 0.3) is 0 Å². The monoisotopic (exact) mass is 206 g/mol. The van der Waals surface area contributed by atoms with Gasteiger partial charge in [-0.05, 0) is 0 Å². The van der Waals surface area contributed by atoms with Crippen molar-refractivity contribution in [2.24, 2.45) is 0 Å². The maximum Gasteiger partial charge on any atom is 0 e. The van der Waals surface area contributed by atoms with Crippen LogP contribution in [0.2, 0.25) is 0 Å². The van der Waals surface area contributed by atoms with E-state index in [-0.39, 0.29) is 57.9 Å². The second-order valence-electron chi connectivity index (χ2n) is 0.513. The standard InChI is InChI=1S/Cr.Li.H3O4P.Ti.H/c;;1-5(2,3)4;;/h;;(H3,1,2,3,4);;. The average Bonchev–Trinajstić information content (AvgIpc) is 0.722. The molecule has 0 aliphatic rings. The van der Waals surface area contributed by atoms with Crippen molar-refractivity contribution in [3.63, 3.8) is 0 Å². The molecule has 0 radical (unpaired) electrons. The molecule has 0 spiro atoms. The fraction of sp³-hybridized carbons (Fsp3) is 0. The predicted octanol–water partition coefficient (Wildman–Crippen LogP) is -1.58. The van der Waals surface area contributed by atoms with E-state index in [0.29, 0.717) is 0 Å². The Hall–Kier alpha value is 1.95. The van der Waals surface area contributed by atoms with Crippen LogP contribution in [0.5, 0.6) is 0 Å². The van der Waals surface area contributed by atoms with Crippen molar-refractivity contribution in [1.29, 1.82) is 0 Å². The third-order valence-corrected chi connectivity index (χ3v) is 0. The van der Waals surface area contributed by atoms with Gasteiger partial charge in [-0.2, -0.15) is 0 Å². The summed E-state index contributed by atoms with van der Waals surface area (Å²) in [5, 5.41) is 0. The fourth-order valence-corrected chi connectivity index (χ4v) is 0. The Morgan fingerprint density at radius 1 is 1.12 bits per heavy atom. The van der Waals surface area contributed by atoms with Crippen LogP contribution in [0.4, 0.5) is 0 Å². The summed E-state index contributed by atoms with van der Waals surface area (Å²) in [4.78, 5) is 21.6. The summed E-state index contributed by atoms with van der Waals surface area (Å²) in [7, 11) is -4.64. The third kappa shape index (κ3) is 101. The molecule has 0 heterocycles. The van der Waals surface area contributed by atoms with E-state index >= 15 is 0 Å². The van der Waals surface area contributed by atoms with Gasteiger partial charge in [0.05, 0.1) is 0 Å². The molecule has 0 aliphatic heterocycles. The largest absolute Gasteiger partial charge is 0 e. The average molecular weight is 206 g/mol. The van der Waals surface area contributed by atoms with Gasteiger partial charge in [0.1, 0.15) is 0 Å². The number of hydrogen-bond donors (Lipinski definition) is 3. The Balaban J connectivity index is -0.0000000267. The molecular formula is H4CrLiO4PTi. The van der Waals surface area contributed by atoms with E-state index < -0.39 is 7.82 Å². The molecule has 0 saturated carbocycles. The molecule has 0 fully saturated rings. The van der Waals surface area contributed by atoms with Crippen LogP contribution >= 0.6 is 7.82 Å². The number of rotatable bonds is 0. The van der Waals surface area contributed by atoms with Crippen LogP contribution in [0, 0.1) is 0 Å². The SMILES string of the molecule is O=P(O)(O)O.[Cr].[LiH].[Ti]. The van der Waals surface area contributed by atoms with E-state index in [2.05, 4.69) is 0 Å². The van der Waals surface area contributed by atoms with E-state index in [4.69, 9.17) is 19.2 Å². The van der Waals surface area contributed by atoms with Crippen LogP contribution in [0.15, 0.2) is 0 Å². The second-order valence-corrected chi connectivity index (χ2v) is 1.54. The van der Waals surface area contributed by atoms with Crippen LogP contribution in [-0.4, -0.2) is 33.5 Å². The van der Waals surface area contributed by atoms with Crippen molar-refractivity contribution in [3.8, 4) is 0 Å².